The molecule has 2 rings (SSSR count). The minimum atomic E-state index is 0.372. The smallest absolute Gasteiger partial charge is 0.0297 e. The van der Waals surface area contributed by atoms with Gasteiger partial charge in [-0.1, -0.05) is 53.1 Å². The first kappa shape index (κ1) is 14.8. The molecule has 1 atom stereocenters. The van der Waals surface area contributed by atoms with Gasteiger partial charge in [-0.15, -0.1) is 0 Å². The summed E-state index contributed by atoms with van der Waals surface area (Å²) in [5, 5.41) is 3.63. The van der Waals surface area contributed by atoms with Gasteiger partial charge in [0.2, 0.25) is 0 Å². The molecule has 20 heavy (non-hydrogen) atoms. The number of hydrogen-bond acceptors (Lipinski definition) is 1. The Balaban J connectivity index is 2.06. The van der Waals surface area contributed by atoms with Crippen LogP contribution in [-0.2, 0) is 6.54 Å². The molecule has 106 valence electrons. The molecule has 0 fully saturated rings. The molecule has 1 unspecified atom stereocenters. The summed E-state index contributed by atoms with van der Waals surface area (Å²) in [6, 6.07) is 13.8. The van der Waals surface area contributed by atoms with Gasteiger partial charge in [0.15, 0.2) is 0 Å². The molecule has 1 N–H and O–H groups in total. The van der Waals surface area contributed by atoms with Gasteiger partial charge < -0.3 is 5.32 Å². The summed E-state index contributed by atoms with van der Waals surface area (Å²) in [6.07, 6.45) is 0. The second-order valence-corrected chi connectivity index (χ2v) is 5.96. The van der Waals surface area contributed by atoms with Crippen LogP contribution in [0.5, 0.6) is 0 Å². The maximum atomic E-state index is 3.63. The fourth-order valence-electron chi connectivity index (χ4n) is 2.86. The lowest BCUT2D eigenvalue weighted by Gasteiger charge is -2.17. The Hall–Kier alpha value is -1.60. The van der Waals surface area contributed by atoms with Gasteiger partial charge in [0.05, 0.1) is 0 Å². The molecular formula is C19H25N. The highest BCUT2D eigenvalue weighted by Crippen LogP contribution is 2.19. The highest BCUT2D eigenvalue weighted by molar-refractivity contribution is 5.33. The number of hydrogen-bond donors (Lipinski definition) is 1. The van der Waals surface area contributed by atoms with E-state index < -0.39 is 0 Å². The Kier molecular flexibility index (Phi) is 4.61. The molecule has 0 amide bonds. The molecule has 0 heterocycles. The van der Waals surface area contributed by atoms with Crippen molar-refractivity contribution in [2.75, 3.05) is 0 Å². The van der Waals surface area contributed by atoms with Gasteiger partial charge in [-0.25, -0.2) is 0 Å². The molecular weight excluding hydrogens is 242 g/mol. The average molecular weight is 267 g/mol. The zero-order valence-electron chi connectivity index (χ0n) is 13.2. The van der Waals surface area contributed by atoms with Gasteiger partial charge in [-0.05, 0) is 51.3 Å². The van der Waals surface area contributed by atoms with Crippen molar-refractivity contribution in [2.24, 2.45) is 0 Å². The fourth-order valence-corrected chi connectivity index (χ4v) is 2.86. The van der Waals surface area contributed by atoms with E-state index in [1.54, 1.807) is 0 Å². The van der Waals surface area contributed by atoms with Crippen LogP contribution in [0.15, 0.2) is 36.4 Å². The monoisotopic (exact) mass is 267 g/mol. The van der Waals surface area contributed by atoms with E-state index in [1.165, 1.54) is 33.4 Å². The molecule has 1 heteroatoms. The lowest BCUT2D eigenvalue weighted by Crippen LogP contribution is -2.19. The van der Waals surface area contributed by atoms with Gasteiger partial charge in [-0.3, -0.25) is 0 Å². The van der Waals surface area contributed by atoms with Crippen molar-refractivity contribution in [1.82, 2.24) is 5.32 Å². The van der Waals surface area contributed by atoms with Gasteiger partial charge in [-0.2, -0.15) is 0 Å². The van der Waals surface area contributed by atoms with Crippen LogP contribution < -0.4 is 5.32 Å². The summed E-state index contributed by atoms with van der Waals surface area (Å²) in [6.45, 7) is 11.8. The quantitative estimate of drug-likeness (QED) is 0.841. The van der Waals surface area contributed by atoms with Crippen molar-refractivity contribution in [2.45, 2.75) is 47.2 Å². The van der Waals surface area contributed by atoms with E-state index in [0.717, 1.165) is 6.54 Å². The summed E-state index contributed by atoms with van der Waals surface area (Å²) in [7, 11) is 0. The maximum Gasteiger partial charge on any atom is 0.0297 e. The molecule has 0 aliphatic carbocycles. The van der Waals surface area contributed by atoms with Crippen LogP contribution in [0, 0.1) is 27.7 Å². The second kappa shape index (κ2) is 6.23. The van der Waals surface area contributed by atoms with Gasteiger partial charge in [0, 0.05) is 12.6 Å². The van der Waals surface area contributed by atoms with Crippen molar-refractivity contribution in [1.29, 1.82) is 0 Å². The summed E-state index contributed by atoms with van der Waals surface area (Å²) < 4.78 is 0. The number of nitrogens with one attached hydrogen (secondary N) is 1. The molecule has 0 saturated carbocycles. The van der Waals surface area contributed by atoms with Gasteiger partial charge >= 0.3 is 0 Å². The van der Waals surface area contributed by atoms with Crippen molar-refractivity contribution < 1.29 is 0 Å². The van der Waals surface area contributed by atoms with Crippen molar-refractivity contribution >= 4 is 0 Å². The predicted molar refractivity (Wildman–Crippen MR) is 87.1 cm³/mol. The maximum absolute atomic E-state index is 3.63. The van der Waals surface area contributed by atoms with Crippen LogP contribution in [0.2, 0.25) is 0 Å². The van der Waals surface area contributed by atoms with E-state index in [9.17, 15) is 0 Å². The molecule has 0 aliphatic heterocycles. The van der Waals surface area contributed by atoms with Crippen molar-refractivity contribution in [3.63, 3.8) is 0 Å². The Morgan fingerprint density at radius 2 is 1.50 bits per heavy atom. The number of benzene rings is 2. The summed E-state index contributed by atoms with van der Waals surface area (Å²) in [4.78, 5) is 0. The molecule has 0 aliphatic rings. The standard InChI is InChI=1S/C19H25N/c1-13-6-7-19(16(4)9-13)17(5)20-12-18-10-14(2)8-15(3)11-18/h6-11,17,20H,12H2,1-5H3. The zero-order valence-corrected chi connectivity index (χ0v) is 13.2. The van der Waals surface area contributed by atoms with E-state index in [4.69, 9.17) is 0 Å². The van der Waals surface area contributed by atoms with Crippen molar-refractivity contribution in [3.05, 3.63) is 69.8 Å². The lowest BCUT2D eigenvalue weighted by atomic mass is 10.00. The van der Waals surface area contributed by atoms with E-state index in [1.807, 2.05) is 0 Å². The Labute approximate surface area is 123 Å². The van der Waals surface area contributed by atoms with Crippen LogP contribution in [0.4, 0.5) is 0 Å². The third-order valence-electron chi connectivity index (χ3n) is 3.79. The fraction of sp³-hybridized carbons (Fsp3) is 0.368. The second-order valence-electron chi connectivity index (χ2n) is 5.96. The minimum absolute atomic E-state index is 0.372. The first-order chi connectivity index (χ1) is 9.45. The van der Waals surface area contributed by atoms with E-state index in [0.29, 0.717) is 6.04 Å². The molecule has 0 saturated heterocycles. The molecule has 0 radical (unpaired) electrons. The van der Waals surface area contributed by atoms with Gasteiger partial charge in [0.1, 0.15) is 0 Å². The average Bonchev–Trinajstić information content (AvgIpc) is 2.35. The van der Waals surface area contributed by atoms with Crippen LogP contribution in [0.3, 0.4) is 0 Å². The van der Waals surface area contributed by atoms with E-state index in [-0.39, 0.29) is 0 Å². The van der Waals surface area contributed by atoms with Crippen LogP contribution in [0.1, 0.15) is 46.3 Å². The number of aryl methyl sites for hydroxylation is 4. The topological polar surface area (TPSA) is 12.0 Å². The summed E-state index contributed by atoms with van der Waals surface area (Å²) in [5.41, 5.74) is 8.11. The molecule has 2 aromatic carbocycles. The van der Waals surface area contributed by atoms with Crippen LogP contribution >= 0.6 is 0 Å². The Bertz CT molecular complexity index is 578. The summed E-state index contributed by atoms with van der Waals surface area (Å²) in [5.74, 6) is 0. The SMILES string of the molecule is Cc1cc(C)cc(CNC(C)c2ccc(C)cc2C)c1. The molecule has 2 aromatic rings. The minimum Gasteiger partial charge on any atom is -0.306 e. The predicted octanol–water partition coefficient (Wildman–Crippen LogP) is 4.77. The van der Waals surface area contributed by atoms with Crippen molar-refractivity contribution in [3.8, 4) is 0 Å². The molecule has 1 nitrogen and oxygen atoms in total. The largest absolute Gasteiger partial charge is 0.306 e. The third kappa shape index (κ3) is 3.71. The highest BCUT2D eigenvalue weighted by Gasteiger charge is 2.08. The summed E-state index contributed by atoms with van der Waals surface area (Å²) >= 11 is 0. The molecule has 0 bridgehead atoms. The normalized spacial score (nSPS) is 12.4. The number of rotatable bonds is 4. The Morgan fingerprint density at radius 3 is 2.10 bits per heavy atom. The first-order valence-electron chi connectivity index (χ1n) is 7.33. The first-order valence-corrected chi connectivity index (χ1v) is 7.33. The third-order valence-corrected chi connectivity index (χ3v) is 3.79. The highest BCUT2D eigenvalue weighted by atomic mass is 14.9. The van der Waals surface area contributed by atoms with E-state index >= 15 is 0 Å². The zero-order chi connectivity index (χ0) is 14.7. The van der Waals surface area contributed by atoms with E-state index in [2.05, 4.69) is 76.3 Å². The molecule has 0 aromatic heterocycles. The Morgan fingerprint density at radius 1 is 0.850 bits per heavy atom. The van der Waals surface area contributed by atoms with Gasteiger partial charge in [0.25, 0.3) is 0 Å². The molecule has 0 spiro atoms. The van der Waals surface area contributed by atoms with Crippen LogP contribution in [0.25, 0.3) is 0 Å². The lowest BCUT2D eigenvalue weighted by molar-refractivity contribution is 0.572. The van der Waals surface area contributed by atoms with Crippen LogP contribution in [-0.4, -0.2) is 0 Å².